The topological polar surface area (TPSA) is 54.0 Å². The van der Waals surface area contributed by atoms with Gasteiger partial charge in [-0.25, -0.2) is 0 Å². The third-order valence-corrected chi connectivity index (χ3v) is 3.81. The third-order valence-electron chi connectivity index (χ3n) is 3.81. The average molecular weight is 330 g/mol. The number of ether oxygens (including phenoxy) is 4. The molecule has 0 amide bonds. The number of carbonyl (C=O) groups excluding carboxylic acids is 1. The van der Waals surface area contributed by atoms with Crippen molar-refractivity contribution in [2.24, 2.45) is 0 Å². The standard InChI is InChI=1S/C19H22O5/c1-12-8-14(6-7-16(12)21-2)15(20)9-13-10-17(22-3)19(24-5)18(11-13)23-4/h6-8,10-11H,9H2,1-5H3. The number of carbonyl (C=O) groups is 1. The van der Waals surface area contributed by atoms with Gasteiger partial charge in [-0.1, -0.05) is 0 Å². The lowest BCUT2D eigenvalue weighted by Crippen LogP contribution is -2.05. The number of benzene rings is 2. The molecule has 0 N–H and O–H groups in total. The van der Waals surface area contributed by atoms with Crippen LogP contribution in [0.15, 0.2) is 30.3 Å². The Kier molecular flexibility index (Phi) is 5.68. The lowest BCUT2D eigenvalue weighted by atomic mass is 10.0. The summed E-state index contributed by atoms with van der Waals surface area (Å²) in [7, 11) is 6.26. The van der Waals surface area contributed by atoms with E-state index in [0.717, 1.165) is 16.9 Å². The van der Waals surface area contributed by atoms with Crippen molar-refractivity contribution in [2.45, 2.75) is 13.3 Å². The van der Waals surface area contributed by atoms with E-state index in [0.29, 0.717) is 22.8 Å². The number of hydrogen-bond donors (Lipinski definition) is 0. The van der Waals surface area contributed by atoms with Crippen LogP contribution in [0.1, 0.15) is 21.5 Å². The molecule has 2 rings (SSSR count). The monoisotopic (exact) mass is 330 g/mol. The van der Waals surface area contributed by atoms with Gasteiger partial charge in [0.05, 0.1) is 28.4 Å². The van der Waals surface area contributed by atoms with E-state index in [1.807, 2.05) is 13.0 Å². The molecule has 0 aliphatic carbocycles. The summed E-state index contributed by atoms with van der Waals surface area (Å²) in [5.74, 6) is 2.35. The summed E-state index contributed by atoms with van der Waals surface area (Å²) in [5, 5.41) is 0. The van der Waals surface area contributed by atoms with Crippen molar-refractivity contribution < 1.29 is 23.7 Å². The molecule has 0 heterocycles. The van der Waals surface area contributed by atoms with Crippen molar-refractivity contribution in [1.29, 1.82) is 0 Å². The van der Waals surface area contributed by atoms with Crippen molar-refractivity contribution in [2.75, 3.05) is 28.4 Å². The average Bonchev–Trinajstić information content (AvgIpc) is 2.60. The summed E-state index contributed by atoms with van der Waals surface area (Å²) < 4.78 is 21.2. The van der Waals surface area contributed by atoms with Crippen LogP contribution in [0.2, 0.25) is 0 Å². The minimum Gasteiger partial charge on any atom is -0.496 e. The molecule has 0 aliphatic rings. The van der Waals surface area contributed by atoms with Gasteiger partial charge in [0.1, 0.15) is 5.75 Å². The number of ketones is 1. The zero-order valence-corrected chi connectivity index (χ0v) is 14.6. The maximum Gasteiger partial charge on any atom is 0.203 e. The second-order valence-electron chi connectivity index (χ2n) is 5.32. The highest BCUT2D eigenvalue weighted by atomic mass is 16.5. The number of Topliss-reactive ketones (excluding diaryl/α,β-unsaturated/α-hetero) is 1. The van der Waals surface area contributed by atoms with Gasteiger partial charge in [0.2, 0.25) is 5.75 Å². The first-order chi connectivity index (χ1) is 11.5. The molecule has 0 atom stereocenters. The van der Waals surface area contributed by atoms with Crippen molar-refractivity contribution in [1.82, 2.24) is 0 Å². The summed E-state index contributed by atoms with van der Waals surface area (Å²) in [6.45, 7) is 1.91. The van der Waals surface area contributed by atoms with Gasteiger partial charge in [0.25, 0.3) is 0 Å². The van der Waals surface area contributed by atoms with Gasteiger partial charge in [-0.3, -0.25) is 4.79 Å². The van der Waals surface area contributed by atoms with E-state index in [1.165, 1.54) is 0 Å². The molecule has 5 heteroatoms. The smallest absolute Gasteiger partial charge is 0.203 e. The van der Waals surface area contributed by atoms with Crippen LogP contribution in [0, 0.1) is 6.92 Å². The Morgan fingerprint density at radius 3 is 1.88 bits per heavy atom. The molecule has 0 saturated carbocycles. The summed E-state index contributed by atoms with van der Waals surface area (Å²) in [4.78, 5) is 12.6. The lowest BCUT2D eigenvalue weighted by Gasteiger charge is -2.14. The van der Waals surface area contributed by atoms with Crippen LogP contribution in [0.4, 0.5) is 0 Å². The van der Waals surface area contributed by atoms with E-state index in [4.69, 9.17) is 18.9 Å². The molecule has 5 nitrogen and oxygen atoms in total. The van der Waals surface area contributed by atoms with Gasteiger partial charge >= 0.3 is 0 Å². The van der Waals surface area contributed by atoms with E-state index in [9.17, 15) is 4.79 Å². The predicted octanol–water partition coefficient (Wildman–Crippen LogP) is 3.45. The van der Waals surface area contributed by atoms with Crippen LogP contribution in [-0.4, -0.2) is 34.2 Å². The Morgan fingerprint density at radius 1 is 0.833 bits per heavy atom. The summed E-state index contributed by atoms with van der Waals surface area (Å²) in [6, 6.07) is 8.98. The molecule has 0 saturated heterocycles. The van der Waals surface area contributed by atoms with Crippen molar-refractivity contribution in [3.63, 3.8) is 0 Å². The Hall–Kier alpha value is -2.69. The number of methoxy groups -OCH3 is 4. The fraction of sp³-hybridized carbons (Fsp3) is 0.316. The molecule has 0 aromatic heterocycles. The number of rotatable bonds is 7. The normalized spacial score (nSPS) is 10.2. The molecule has 2 aromatic carbocycles. The first-order valence-corrected chi connectivity index (χ1v) is 7.50. The van der Waals surface area contributed by atoms with Crippen LogP contribution >= 0.6 is 0 Å². The van der Waals surface area contributed by atoms with Crippen molar-refractivity contribution >= 4 is 5.78 Å². The molecule has 0 bridgehead atoms. The van der Waals surface area contributed by atoms with Gasteiger partial charge in [-0.15, -0.1) is 0 Å². The summed E-state index contributed by atoms with van der Waals surface area (Å²) in [6.07, 6.45) is 0.239. The zero-order valence-electron chi connectivity index (χ0n) is 14.6. The minimum atomic E-state index is 0.00928. The largest absolute Gasteiger partial charge is 0.496 e. The van der Waals surface area contributed by atoms with E-state index < -0.39 is 0 Å². The van der Waals surface area contributed by atoms with Crippen molar-refractivity contribution in [3.05, 3.63) is 47.0 Å². The molecular weight excluding hydrogens is 308 g/mol. The van der Waals surface area contributed by atoms with E-state index in [-0.39, 0.29) is 12.2 Å². The molecule has 0 fully saturated rings. The van der Waals surface area contributed by atoms with Gasteiger partial charge in [0, 0.05) is 12.0 Å². The minimum absolute atomic E-state index is 0.00928. The van der Waals surface area contributed by atoms with Gasteiger partial charge in [-0.2, -0.15) is 0 Å². The van der Waals surface area contributed by atoms with Crippen LogP contribution in [0.3, 0.4) is 0 Å². The summed E-state index contributed by atoms with van der Waals surface area (Å²) >= 11 is 0. The fourth-order valence-corrected chi connectivity index (χ4v) is 2.58. The van der Waals surface area contributed by atoms with Crippen LogP contribution in [0.5, 0.6) is 23.0 Å². The van der Waals surface area contributed by atoms with Gasteiger partial charge in [0.15, 0.2) is 17.3 Å². The lowest BCUT2D eigenvalue weighted by molar-refractivity contribution is 0.0992. The second-order valence-corrected chi connectivity index (χ2v) is 5.32. The highest BCUT2D eigenvalue weighted by molar-refractivity contribution is 5.98. The molecule has 24 heavy (non-hydrogen) atoms. The SMILES string of the molecule is COc1ccc(C(=O)Cc2cc(OC)c(OC)c(OC)c2)cc1C. The Morgan fingerprint density at radius 2 is 1.42 bits per heavy atom. The fourth-order valence-electron chi connectivity index (χ4n) is 2.58. The van der Waals surface area contributed by atoms with Gasteiger partial charge in [-0.05, 0) is 48.4 Å². The number of hydrogen-bond acceptors (Lipinski definition) is 5. The quantitative estimate of drug-likeness (QED) is 0.728. The first-order valence-electron chi connectivity index (χ1n) is 7.50. The van der Waals surface area contributed by atoms with Crippen LogP contribution in [0.25, 0.3) is 0 Å². The van der Waals surface area contributed by atoms with Crippen LogP contribution in [-0.2, 0) is 6.42 Å². The maximum absolute atomic E-state index is 12.6. The third kappa shape index (κ3) is 3.62. The van der Waals surface area contributed by atoms with E-state index in [2.05, 4.69) is 0 Å². The Balaban J connectivity index is 2.30. The molecule has 0 spiro atoms. The molecule has 2 aromatic rings. The van der Waals surface area contributed by atoms with Crippen LogP contribution < -0.4 is 18.9 Å². The predicted molar refractivity (Wildman–Crippen MR) is 91.9 cm³/mol. The Labute approximate surface area is 142 Å². The molecular formula is C19H22O5. The zero-order chi connectivity index (χ0) is 17.7. The molecule has 0 aliphatic heterocycles. The molecule has 128 valence electrons. The Bertz CT molecular complexity index is 712. The first kappa shape index (κ1) is 17.7. The second kappa shape index (κ2) is 7.73. The van der Waals surface area contributed by atoms with Gasteiger partial charge < -0.3 is 18.9 Å². The molecule has 0 unspecified atom stereocenters. The molecule has 0 radical (unpaired) electrons. The van der Waals surface area contributed by atoms with E-state index >= 15 is 0 Å². The highest BCUT2D eigenvalue weighted by Gasteiger charge is 2.16. The maximum atomic E-state index is 12.6. The summed E-state index contributed by atoms with van der Waals surface area (Å²) in [5.41, 5.74) is 2.36. The van der Waals surface area contributed by atoms with E-state index in [1.54, 1.807) is 52.7 Å². The highest BCUT2D eigenvalue weighted by Crippen LogP contribution is 2.38. The van der Waals surface area contributed by atoms with Crippen molar-refractivity contribution in [3.8, 4) is 23.0 Å². The number of aryl methyl sites for hydroxylation is 1.